The van der Waals surface area contributed by atoms with Gasteiger partial charge in [0.1, 0.15) is 5.52 Å². The van der Waals surface area contributed by atoms with E-state index in [1.54, 1.807) is 17.8 Å². The summed E-state index contributed by atoms with van der Waals surface area (Å²) in [6.07, 6.45) is 6.17. The van der Waals surface area contributed by atoms with Crippen LogP contribution in [0.3, 0.4) is 0 Å². The summed E-state index contributed by atoms with van der Waals surface area (Å²) in [6, 6.07) is 10.1. The lowest BCUT2D eigenvalue weighted by molar-refractivity contribution is 0.345. The molecule has 5 nitrogen and oxygen atoms in total. The van der Waals surface area contributed by atoms with Crippen molar-refractivity contribution in [3.05, 3.63) is 48.5 Å². The van der Waals surface area contributed by atoms with Crippen LogP contribution in [0.2, 0.25) is 0 Å². The summed E-state index contributed by atoms with van der Waals surface area (Å²) in [5, 5.41) is 14.3. The molecule has 0 bridgehead atoms. The number of rotatable bonds is 2. The first kappa shape index (κ1) is 15.5. The normalized spacial score (nSPS) is 15.9. The smallest absolute Gasteiger partial charge is 0.151 e. The molecule has 2 aromatic carbocycles. The van der Waals surface area contributed by atoms with Gasteiger partial charge in [-0.15, -0.1) is 0 Å². The second kappa shape index (κ2) is 5.92. The van der Waals surface area contributed by atoms with Gasteiger partial charge < -0.3 is 5.32 Å². The quantitative estimate of drug-likeness (QED) is 0.601. The van der Waals surface area contributed by atoms with Gasteiger partial charge in [-0.25, -0.2) is 4.39 Å². The highest BCUT2D eigenvalue weighted by atomic mass is 19.1. The number of fused-ring (bicyclic) bond motifs is 2. The molecule has 132 valence electrons. The van der Waals surface area contributed by atoms with Gasteiger partial charge in [0.05, 0.1) is 11.6 Å². The Bertz CT molecular complexity index is 1100. The number of halogens is 1. The number of benzene rings is 2. The lowest BCUT2D eigenvalue weighted by atomic mass is 10.0. The van der Waals surface area contributed by atoms with Crippen LogP contribution in [-0.2, 0) is 7.05 Å². The fraction of sp³-hybridized carbons (Fsp3) is 0.300. The number of aryl methyl sites for hydroxylation is 1. The molecule has 1 aliphatic heterocycles. The van der Waals surface area contributed by atoms with Crippen LogP contribution >= 0.6 is 0 Å². The molecule has 2 aromatic heterocycles. The van der Waals surface area contributed by atoms with Crippen molar-refractivity contribution in [1.29, 1.82) is 0 Å². The molecule has 1 aliphatic rings. The minimum absolute atomic E-state index is 0.293. The van der Waals surface area contributed by atoms with Gasteiger partial charge in [-0.1, -0.05) is 12.1 Å². The van der Waals surface area contributed by atoms with E-state index in [0.717, 1.165) is 53.3 Å². The zero-order valence-electron chi connectivity index (χ0n) is 14.6. The van der Waals surface area contributed by atoms with Crippen molar-refractivity contribution in [2.24, 2.45) is 7.05 Å². The summed E-state index contributed by atoms with van der Waals surface area (Å²) < 4.78 is 18.1. The van der Waals surface area contributed by atoms with E-state index in [9.17, 15) is 4.39 Å². The summed E-state index contributed by atoms with van der Waals surface area (Å²) in [4.78, 5) is 0. The number of hydrogen-bond acceptors (Lipinski definition) is 3. The van der Waals surface area contributed by atoms with Crippen molar-refractivity contribution >= 4 is 21.8 Å². The van der Waals surface area contributed by atoms with E-state index in [0.29, 0.717) is 11.6 Å². The molecule has 5 rings (SSSR count). The van der Waals surface area contributed by atoms with Gasteiger partial charge in [-0.2, -0.15) is 10.2 Å². The number of nitrogens with zero attached hydrogens (tertiary/aromatic N) is 4. The summed E-state index contributed by atoms with van der Waals surface area (Å²) in [7, 11) is 1.80. The van der Waals surface area contributed by atoms with Crippen molar-refractivity contribution in [1.82, 2.24) is 24.9 Å². The zero-order chi connectivity index (χ0) is 17.7. The van der Waals surface area contributed by atoms with Crippen molar-refractivity contribution in [3.8, 4) is 11.1 Å². The maximum Gasteiger partial charge on any atom is 0.151 e. The highest BCUT2D eigenvalue weighted by Crippen LogP contribution is 2.29. The van der Waals surface area contributed by atoms with E-state index in [1.165, 1.54) is 0 Å². The largest absolute Gasteiger partial charge is 0.317 e. The first-order chi connectivity index (χ1) is 12.7. The lowest BCUT2D eigenvalue weighted by Gasteiger charge is -2.22. The summed E-state index contributed by atoms with van der Waals surface area (Å²) in [5.74, 6) is -0.293. The summed E-state index contributed by atoms with van der Waals surface area (Å²) >= 11 is 0. The molecule has 26 heavy (non-hydrogen) atoms. The topological polar surface area (TPSA) is 47.7 Å². The molecule has 0 unspecified atom stereocenters. The van der Waals surface area contributed by atoms with E-state index in [-0.39, 0.29) is 5.82 Å². The second-order valence-electron chi connectivity index (χ2n) is 7.06. The Labute approximate surface area is 150 Å². The zero-order valence-corrected chi connectivity index (χ0v) is 14.6. The van der Waals surface area contributed by atoms with Crippen LogP contribution in [0.15, 0.2) is 42.7 Å². The van der Waals surface area contributed by atoms with Crippen LogP contribution in [0.25, 0.3) is 32.9 Å². The number of hydrogen-bond donors (Lipinski definition) is 1. The first-order valence-electron chi connectivity index (χ1n) is 9.00. The van der Waals surface area contributed by atoms with E-state index in [4.69, 9.17) is 5.10 Å². The Morgan fingerprint density at radius 3 is 2.69 bits per heavy atom. The molecule has 1 fully saturated rings. The minimum atomic E-state index is -0.293. The van der Waals surface area contributed by atoms with Crippen LogP contribution in [0.4, 0.5) is 4.39 Å². The first-order valence-corrected chi connectivity index (χ1v) is 9.00. The molecular weight excluding hydrogens is 329 g/mol. The Morgan fingerprint density at radius 1 is 1.00 bits per heavy atom. The summed E-state index contributed by atoms with van der Waals surface area (Å²) in [5.41, 5.74) is 3.18. The molecule has 1 N–H and O–H groups in total. The third-order valence-corrected chi connectivity index (χ3v) is 5.22. The minimum Gasteiger partial charge on any atom is -0.317 e. The van der Waals surface area contributed by atoms with Gasteiger partial charge in [-0.05, 0) is 55.3 Å². The van der Waals surface area contributed by atoms with Crippen molar-refractivity contribution in [2.45, 2.75) is 18.9 Å². The van der Waals surface area contributed by atoms with Gasteiger partial charge in [0.2, 0.25) is 0 Å². The number of piperidine rings is 1. The molecule has 3 heterocycles. The highest BCUT2D eigenvalue weighted by molar-refractivity contribution is 5.88. The van der Waals surface area contributed by atoms with Gasteiger partial charge in [0, 0.05) is 30.2 Å². The van der Waals surface area contributed by atoms with Gasteiger partial charge in [0.15, 0.2) is 5.82 Å². The predicted molar refractivity (Wildman–Crippen MR) is 101 cm³/mol. The molecule has 6 heteroatoms. The van der Waals surface area contributed by atoms with E-state index in [2.05, 4.69) is 27.4 Å². The van der Waals surface area contributed by atoms with Crippen LogP contribution in [0, 0.1) is 5.82 Å². The second-order valence-corrected chi connectivity index (χ2v) is 7.06. The van der Waals surface area contributed by atoms with Gasteiger partial charge in [-0.3, -0.25) is 9.36 Å². The third kappa shape index (κ3) is 2.57. The molecule has 4 aromatic rings. The SMILES string of the molecule is Cn1cc2cc(-c3ccc4cn(C5CCNCC5)nc4c3)cc(F)c2n1. The predicted octanol–water partition coefficient (Wildman–Crippen LogP) is 3.65. The van der Waals surface area contributed by atoms with E-state index >= 15 is 0 Å². The maximum atomic E-state index is 14.4. The molecule has 0 aliphatic carbocycles. The standard InChI is InChI=1S/C20H20FN5/c1-25-11-16-8-15(9-18(21)20(16)24-25)13-2-3-14-12-26(23-19(14)10-13)17-4-6-22-7-5-17/h2-3,8-12,17,22H,4-7H2,1H3. The molecule has 1 saturated heterocycles. The number of nitrogens with one attached hydrogen (secondary N) is 1. The molecule has 0 amide bonds. The Hall–Kier alpha value is -2.73. The molecule has 0 spiro atoms. The van der Waals surface area contributed by atoms with E-state index < -0.39 is 0 Å². The fourth-order valence-corrected chi connectivity index (χ4v) is 3.85. The van der Waals surface area contributed by atoms with Crippen LogP contribution in [0.5, 0.6) is 0 Å². The van der Waals surface area contributed by atoms with Crippen LogP contribution in [-0.4, -0.2) is 32.7 Å². The fourth-order valence-electron chi connectivity index (χ4n) is 3.85. The third-order valence-electron chi connectivity index (χ3n) is 5.22. The molecule has 0 atom stereocenters. The molecule has 0 radical (unpaired) electrons. The van der Waals surface area contributed by atoms with Crippen molar-refractivity contribution < 1.29 is 4.39 Å². The van der Waals surface area contributed by atoms with Gasteiger partial charge >= 0.3 is 0 Å². The lowest BCUT2D eigenvalue weighted by Crippen LogP contribution is -2.29. The van der Waals surface area contributed by atoms with Gasteiger partial charge in [0.25, 0.3) is 0 Å². The maximum absolute atomic E-state index is 14.4. The highest BCUT2D eigenvalue weighted by Gasteiger charge is 2.16. The van der Waals surface area contributed by atoms with Crippen LogP contribution in [0.1, 0.15) is 18.9 Å². The van der Waals surface area contributed by atoms with Crippen molar-refractivity contribution in [2.75, 3.05) is 13.1 Å². The molecule has 0 saturated carbocycles. The molecular formula is C20H20FN5. The average Bonchev–Trinajstić information content (AvgIpc) is 3.24. The number of aromatic nitrogens is 4. The van der Waals surface area contributed by atoms with Crippen LogP contribution < -0.4 is 5.32 Å². The monoisotopic (exact) mass is 349 g/mol. The summed E-state index contributed by atoms with van der Waals surface area (Å²) in [6.45, 7) is 2.08. The average molecular weight is 349 g/mol. The Morgan fingerprint density at radius 2 is 1.85 bits per heavy atom. The van der Waals surface area contributed by atoms with E-state index in [1.807, 2.05) is 24.4 Å². The Kier molecular flexibility index (Phi) is 3.53. The Balaban J connectivity index is 1.56. The van der Waals surface area contributed by atoms with Crippen molar-refractivity contribution in [3.63, 3.8) is 0 Å².